The van der Waals surface area contributed by atoms with Crippen LogP contribution in [0.5, 0.6) is 0 Å². The van der Waals surface area contributed by atoms with Gasteiger partial charge in [0, 0.05) is 37.8 Å². The Hall–Kier alpha value is -3.43. The number of para-hydroxylation sites is 1. The molecule has 0 aliphatic carbocycles. The average molecular weight is 499 g/mol. The summed E-state index contributed by atoms with van der Waals surface area (Å²) in [4.78, 5) is 14.3. The zero-order valence-corrected chi connectivity index (χ0v) is 21.7. The smallest absolute Gasteiger partial charge is 0.186 e. The van der Waals surface area contributed by atoms with E-state index in [0.717, 1.165) is 60.0 Å². The maximum Gasteiger partial charge on any atom is 0.186 e. The third-order valence-electron chi connectivity index (χ3n) is 7.35. The standard InChI is InChI=1S/C27H30N8S/c1-4-27(2,3)35-25(30-31-32-35)24(20-11-12-21-19(18-20)8-7-13-28-21)33-14-16-34(17-15-33)26-29-22-9-5-6-10-23(22)36-26/h5-13,18,24H,4,14-17H2,1-3H3/t24-/m0/s1. The number of benzene rings is 2. The van der Waals surface area contributed by atoms with Gasteiger partial charge in [-0.3, -0.25) is 9.88 Å². The maximum atomic E-state index is 4.89. The topological polar surface area (TPSA) is 75.9 Å². The number of pyridine rings is 1. The highest BCUT2D eigenvalue weighted by Gasteiger charge is 2.34. The molecule has 2 aromatic carbocycles. The van der Waals surface area contributed by atoms with E-state index in [4.69, 9.17) is 4.98 Å². The molecule has 1 aliphatic rings. The third kappa shape index (κ3) is 4.12. The van der Waals surface area contributed by atoms with Gasteiger partial charge < -0.3 is 4.90 Å². The van der Waals surface area contributed by atoms with Crippen LogP contribution in [-0.2, 0) is 5.54 Å². The molecule has 3 aromatic heterocycles. The largest absolute Gasteiger partial charge is 0.345 e. The van der Waals surface area contributed by atoms with Gasteiger partial charge in [0.2, 0.25) is 0 Å². The van der Waals surface area contributed by atoms with E-state index in [1.807, 2.05) is 16.9 Å². The van der Waals surface area contributed by atoms with Gasteiger partial charge in [0.15, 0.2) is 11.0 Å². The van der Waals surface area contributed by atoms with Crippen molar-refractivity contribution in [3.05, 3.63) is 72.2 Å². The van der Waals surface area contributed by atoms with E-state index >= 15 is 0 Å². The highest BCUT2D eigenvalue weighted by Crippen LogP contribution is 2.34. The molecule has 0 N–H and O–H groups in total. The number of hydrogen-bond acceptors (Lipinski definition) is 8. The molecule has 1 atom stereocenters. The Morgan fingerprint density at radius 3 is 2.61 bits per heavy atom. The Bertz CT molecular complexity index is 1470. The number of piperazine rings is 1. The van der Waals surface area contributed by atoms with E-state index < -0.39 is 0 Å². The van der Waals surface area contributed by atoms with Gasteiger partial charge in [-0.25, -0.2) is 9.67 Å². The van der Waals surface area contributed by atoms with E-state index in [0.29, 0.717) is 0 Å². The van der Waals surface area contributed by atoms with Crippen LogP contribution < -0.4 is 4.90 Å². The average Bonchev–Trinajstić information content (AvgIpc) is 3.57. The molecule has 1 aliphatic heterocycles. The second-order valence-corrected chi connectivity index (χ2v) is 11.0. The summed E-state index contributed by atoms with van der Waals surface area (Å²) in [6, 6.07) is 18.9. The Morgan fingerprint density at radius 2 is 1.81 bits per heavy atom. The number of fused-ring (bicyclic) bond motifs is 2. The lowest BCUT2D eigenvalue weighted by Crippen LogP contribution is -2.48. The number of aromatic nitrogens is 6. The van der Waals surface area contributed by atoms with Crippen LogP contribution in [0.15, 0.2) is 60.8 Å². The lowest BCUT2D eigenvalue weighted by molar-refractivity contribution is 0.187. The number of rotatable bonds is 6. The predicted molar refractivity (Wildman–Crippen MR) is 144 cm³/mol. The van der Waals surface area contributed by atoms with Crippen LogP contribution in [0.3, 0.4) is 0 Å². The van der Waals surface area contributed by atoms with E-state index in [2.05, 4.69) is 99.6 Å². The number of anilines is 1. The van der Waals surface area contributed by atoms with Gasteiger partial charge in [-0.15, -0.1) is 5.10 Å². The van der Waals surface area contributed by atoms with Crippen LogP contribution in [0.4, 0.5) is 5.13 Å². The zero-order valence-electron chi connectivity index (χ0n) is 20.9. The predicted octanol–water partition coefficient (Wildman–Crippen LogP) is 4.89. The maximum absolute atomic E-state index is 4.89. The summed E-state index contributed by atoms with van der Waals surface area (Å²) in [5.74, 6) is 0.888. The van der Waals surface area contributed by atoms with E-state index in [9.17, 15) is 0 Å². The van der Waals surface area contributed by atoms with Crippen LogP contribution in [0.2, 0.25) is 0 Å². The van der Waals surface area contributed by atoms with E-state index in [-0.39, 0.29) is 11.6 Å². The minimum absolute atomic E-state index is 0.0482. The first-order valence-corrected chi connectivity index (χ1v) is 13.3. The number of tetrazole rings is 1. The molecule has 0 bridgehead atoms. The molecule has 6 rings (SSSR count). The first-order valence-electron chi connectivity index (χ1n) is 12.5. The van der Waals surface area contributed by atoms with Crippen LogP contribution >= 0.6 is 11.3 Å². The normalized spacial score (nSPS) is 16.1. The van der Waals surface area contributed by atoms with Crippen molar-refractivity contribution in [2.75, 3.05) is 31.1 Å². The Balaban J connectivity index is 1.34. The van der Waals surface area contributed by atoms with Crippen molar-refractivity contribution in [3.63, 3.8) is 0 Å². The van der Waals surface area contributed by atoms with Gasteiger partial charge >= 0.3 is 0 Å². The van der Waals surface area contributed by atoms with E-state index in [1.54, 1.807) is 11.3 Å². The van der Waals surface area contributed by atoms with Crippen molar-refractivity contribution in [2.24, 2.45) is 0 Å². The van der Waals surface area contributed by atoms with Crippen LogP contribution in [-0.4, -0.2) is 61.3 Å². The van der Waals surface area contributed by atoms with Gasteiger partial charge in [-0.2, -0.15) is 0 Å². The molecule has 0 radical (unpaired) electrons. The lowest BCUT2D eigenvalue weighted by atomic mass is 9.98. The van der Waals surface area contributed by atoms with Crippen LogP contribution in [0.25, 0.3) is 21.1 Å². The van der Waals surface area contributed by atoms with Gasteiger partial charge in [-0.1, -0.05) is 42.5 Å². The summed E-state index contributed by atoms with van der Waals surface area (Å²) in [7, 11) is 0. The van der Waals surface area contributed by atoms with Crippen molar-refractivity contribution in [1.82, 2.24) is 35.1 Å². The van der Waals surface area contributed by atoms with Gasteiger partial charge in [-0.05, 0) is 66.6 Å². The van der Waals surface area contributed by atoms with Crippen LogP contribution in [0.1, 0.15) is 44.6 Å². The summed E-state index contributed by atoms with van der Waals surface area (Å²) in [5.41, 5.74) is 3.07. The first kappa shape index (κ1) is 23.0. The molecule has 0 spiro atoms. The highest BCUT2D eigenvalue weighted by atomic mass is 32.1. The van der Waals surface area contributed by atoms with Crippen molar-refractivity contribution >= 4 is 37.6 Å². The molecule has 9 heteroatoms. The van der Waals surface area contributed by atoms with Gasteiger partial charge in [0.25, 0.3) is 0 Å². The lowest BCUT2D eigenvalue weighted by Gasteiger charge is -2.39. The molecule has 0 unspecified atom stereocenters. The fraction of sp³-hybridized carbons (Fsp3) is 0.370. The summed E-state index contributed by atoms with van der Waals surface area (Å²) in [6.45, 7) is 10.2. The minimum Gasteiger partial charge on any atom is -0.345 e. The Morgan fingerprint density at radius 1 is 0.972 bits per heavy atom. The Labute approximate surface area is 214 Å². The van der Waals surface area contributed by atoms with Crippen molar-refractivity contribution < 1.29 is 0 Å². The molecule has 0 amide bonds. The van der Waals surface area contributed by atoms with Gasteiger partial charge in [0.05, 0.1) is 27.3 Å². The molecular weight excluding hydrogens is 468 g/mol. The molecule has 0 saturated carbocycles. The second kappa shape index (κ2) is 9.22. The zero-order chi connectivity index (χ0) is 24.7. The van der Waals surface area contributed by atoms with Crippen molar-refractivity contribution in [3.8, 4) is 0 Å². The summed E-state index contributed by atoms with van der Waals surface area (Å²) in [6.07, 6.45) is 2.77. The monoisotopic (exact) mass is 498 g/mol. The summed E-state index contributed by atoms with van der Waals surface area (Å²) in [5, 5.41) is 15.4. The molecule has 36 heavy (non-hydrogen) atoms. The quantitative estimate of drug-likeness (QED) is 0.330. The molecule has 5 aromatic rings. The molecule has 184 valence electrons. The van der Waals surface area contributed by atoms with E-state index in [1.165, 1.54) is 10.3 Å². The first-order chi connectivity index (χ1) is 17.5. The number of nitrogens with zero attached hydrogens (tertiary/aromatic N) is 8. The molecule has 4 heterocycles. The molecule has 8 nitrogen and oxygen atoms in total. The molecule has 1 fully saturated rings. The minimum atomic E-state index is -0.182. The molecular formula is C27H30N8S. The molecule has 1 saturated heterocycles. The fourth-order valence-corrected chi connectivity index (χ4v) is 5.92. The van der Waals surface area contributed by atoms with Crippen LogP contribution in [0, 0.1) is 0 Å². The van der Waals surface area contributed by atoms with Crippen molar-refractivity contribution in [2.45, 2.75) is 38.8 Å². The fourth-order valence-electron chi connectivity index (χ4n) is 4.90. The second-order valence-electron chi connectivity index (χ2n) is 9.96. The van der Waals surface area contributed by atoms with Crippen molar-refractivity contribution in [1.29, 1.82) is 0 Å². The number of thiazole rings is 1. The summed E-state index contributed by atoms with van der Waals surface area (Å²) < 4.78 is 3.25. The number of hydrogen-bond donors (Lipinski definition) is 0. The SMILES string of the molecule is CCC(C)(C)n1nnnc1[C@H](c1ccc2ncccc2c1)N1CCN(c2nc3ccccc3s2)CC1. The highest BCUT2D eigenvalue weighted by molar-refractivity contribution is 7.22. The van der Waals surface area contributed by atoms with Gasteiger partial charge in [0.1, 0.15) is 0 Å². The summed E-state index contributed by atoms with van der Waals surface area (Å²) >= 11 is 1.77. The Kier molecular flexibility index (Phi) is 5.89. The third-order valence-corrected chi connectivity index (χ3v) is 8.45.